The number of hydrogen-bond donors (Lipinski definition) is 0. The van der Waals surface area contributed by atoms with Crippen molar-refractivity contribution in [2.75, 3.05) is 0 Å². The van der Waals surface area contributed by atoms with Crippen LogP contribution in [-0.2, 0) is 45.4 Å². The summed E-state index contributed by atoms with van der Waals surface area (Å²) < 4.78 is 16.4. The second-order valence-corrected chi connectivity index (χ2v) is 8.11. The van der Waals surface area contributed by atoms with Crippen molar-refractivity contribution in [2.45, 2.75) is 79.1 Å². The third-order valence-corrected chi connectivity index (χ3v) is 4.22. The highest BCUT2D eigenvalue weighted by atomic mass is 16.6. The second kappa shape index (κ2) is 7.71. The Morgan fingerprint density at radius 1 is 0.556 bits per heavy atom. The molecule has 0 saturated carbocycles. The van der Waals surface area contributed by atoms with E-state index < -0.39 is 34.7 Å². The Morgan fingerprint density at radius 3 is 0.889 bits per heavy atom. The van der Waals surface area contributed by atoms with Crippen LogP contribution in [0.3, 0.4) is 0 Å². The standard InChI is InChI=1S/C21H30O6/c1-13(22)25-19(4,5)16-10-17(20(6,7)26-14(2)23)12-18(11-16)21(8,9)27-15(3)24/h10-12H,1-9H3. The van der Waals surface area contributed by atoms with Gasteiger partial charge in [-0.1, -0.05) is 0 Å². The topological polar surface area (TPSA) is 78.9 Å². The maximum absolute atomic E-state index is 11.5. The summed E-state index contributed by atoms with van der Waals surface area (Å²) in [5.41, 5.74) is -0.665. The predicted octanol–water partition coefficient (Wildman–Crippen LogP) is 4.08. The molecule has 150 valence electrons. The first-order valence-corrected chi connectivity index (χ1v) is 8.82. The molecule has 0 heterocycles. The van der Waals surface area contributed by atoms with E-state index in [1.165, 1.54) is 20.8 Å². The first-order valence-electron chi connectivity index (χ1n) is 8.82. The number of rotatable bonds is 6. The summed E-state index contributed by atoms with van der Waals surface area (Å²) in [6.07, 6.45) is 0. The van der Waals surface area contributed by atoms with Crippen molar-refractivity contribution in [3.8, 4) is 0 Å². The van der Waals surface area contributed by atoms with Gasteiger partial charge in [-0.15, -0.1) is 0 Å². The molecule has 0 aliphatic carbocycles. The third-order valence-electron chi connectivity index (χ3n) is 4.22. The molecule has 0 bridgehead atoms. The largest absolute Gasteiger partial charge is 0.455 e. The lowest BCUT2D eigenvalue weighted by Crippen LogP contribution is -2.30. The highest BCUT2D eigenvalue weighted by Gasteiger charge is 2.33. The number of carbonyl (C=O) groups is 3. The first kappa shape index (κ1) is 22.7. The van der Waals surface area contributed by atoms with Crippen LogP contribution in [-0.4, -0.2) is 17.9 Å². The fraction of sp³-hybridized carbons (Fsp3) is 0.571. The van der Waals surface area contributed by atoms with Gasteiger partial charge in [-0.2, -0.15) is 0 Å². The summed E-state index contributed by atoms with van der Waals surface area (Å²) in [4.78, 5) is 34.6. The van der Waals surface area contributed by atoms with Crippen LogP contribution in [0.15, 0.2) is 18.2 Å². The van der Waals surface area contributed by atoms with Crippen LogP contribution in [0, 0.1) is 0 Å². The van der Waals surface area contributed by atoms with Crippen molar-refractivity contribution in [1.82, 2.24) is 0 Å². The zero-order valence-electron chi connectivity index (χ0n) is 17.7. The minimum atomic E-state index is -0.921. The van der Waals surface area contributed by atoms with Crippen LogP contribution in [0.5, 0.6) is 0 Å². The fourth-order valence-electron chi connectivity index (χ4n) is 2.93. The van der Waals surface area contributed by atoms with E-state index >= 15 is 0 Å². The van der Waals surface area contributed by atoms with Crippen molar-refractivity contribution >= 4 is 17.9 Å². The molecule has 0 radical (unpaired) electrons. The second-order valence-electron chi connectivity index (χ2n) is 8.11. The molecule has 6 heteroatoms. The maximum Gasteiger partial charge on any atom is 0.303 e. The zero-order valence-corrected chi connectivity index (χ0v) is 17.7. The van der Waals surface area contributed by atoms with Crippen molar-refractivity contribution in [3.63, 3.8) is 0 Å². The summed E-state index contributed by atoms with van der Waals surface area (Å²) in [6.45, 7) is 14.7. The molecule has 0 aliphatic rings. The number of hydrogen-bond acceptors (Lipinski definition) is 6. The average molecular weight is 378 g/mol. The summed E-state index contributed by atoms with van der Waals surface area (Å²) >= 11 is 0. The molecule has 6 nitrogen and oxygen atoms in total. The predicted molar refractivity (Wildman–Crippen MR) is 101 cm³/mol. The molecule has 1 rings (SSSR count). The SMILES string of the molecule is CC(=O)OC(C)(C)c1cc(C(C)(C)OC(C)=O)cc(C(C)(C)OC(C)=O)c1. The van der Waals surface area contributed by atoms with E-state index in [1.807, 2.05) is 18.2 Å². The molecule has 0 spiro atoms. The Balaban J connectivity index is 3.63. The van der Waals surface area contributed by atoms with Gasteiger partial charge in [-0.25, -0.2) is 0 Å². The molecule has 0 fully saturated rings. The molecule has 0 aliphatic heterocycles. The van der Waals surface area contributed by atoms with Gasteiger partial charge in [0.15, 0.2) is 0 Å². The molecule has 1 aromatic rings. The normalized spacial score (nSPS) is 12.3. The highest BCUT2D eigenvalue weighted by molar-refractivity contribution is 5.68. The Bertz CT molecular complexity index is 631. The molecule has 0 atom stereocenters. The van der Waals surface area contributed by atoms with E-state index in [-0.39, 0.29) is 0 Å². The van der Waals surface area contributed by atoms with E-state index in [9.17, 15) is 14.4 Å². The average Bonchev–Trinajstić information content (AvgIpc) is 2.42. The molecule has 0 unspecified atom stereocenters. The van der Waals surface area contributed by atoms with E-state index in [2.05, 4.69) is 0 Å². The molecule has 0 N–H and O–H groups in total. The van der Waals surface area contributed by atoms with Crippen molar-refractivity contribution < 1.29 is 28.6 Å². The van der Waals surface area contributed by atoms with Gasteiger partial charge in [0.2, 0.25) is 0 Å². The Morgan fingerprint density at radius 2 is 0.741 bits per heavy atom. The molecule has 0 aromatic heterocycles. The molecular formula is C21H30O6. The number of benzene rings is 1. The molecule has 27 heavy (non-hydrogen) atoms. The lowest BCUT2D eigenvalue weighted by atomic mass is 9.84. The number of esters is 3. The van der Waals surface area contributed by atoms with Crippen molar-refractivity contribution in [1.29, 1.82) is 0 Å². The van der Waals surface area contributed by atoms with E-state index in [0.717, 1.165) is 0 Å². The minimum absolute atomic E-state index is 0.412. The van der Waals surface area contributed by atoms with Crippen LogP contribution >= 0.6 is 0 Å². The van der Waals surface area contributed by atoms with Crippen LogP contribution in [0.4, 0.5) is 0 Å². The van der Waals surface area contributed by atoms with E-state index in [4.69, 9.17) is 14.2 Å². The van der Waals surface area contributed by atoms with E-state index in [0.29, 0.717) is 16.7 Å². The van der Waals surface area contributed by atoms with Crippen LogP contribution in [0.1, 0.15) is 79.0 Å². The summed E-state index contributed by atoms with van der Waals surface area (Å²) in [5, 5.41) is 0. The van der Waals surface area contributed by atoms with Crippen LogP contribution < -0.4 is 0 Å². The molecule has 1 aromatic carbocycles. The van der Waals surface area contributed by atoms with E-state index in [1.54, 1.807) is 41.5 Å². The molecule has 0 amide bonds. The van der Waals surface area contributed by atoms with Crippen molar-refractivity contribution in [2.24, 2.45) is 0 Å². The Hall–Kier alpha value is -2.37. The quantitative estimate of drug-likeness (QED) is 0.548. The van der Waals surface area contributed by atoms with Crippen molar-refractivity contribution in [3.05, 3.63) is 34.9 Å². The van der Waals surface area contributed by atoms with Gasteiger partial charge in [0.25, 0.3) is 0 Å². The lowest BCUT2D eigenvalue weighted by Gasteiger charge is -2.33. The lowest BCUT2D eigenvalue weighted by molar-refractivity contribution is -0.155. The minimum Gasteiger partial charge on any atom is -0.455 e. The smallest absolute Gasteiger partial charge is 0.303 e. The van der Waals surface area contributed by atoms with Gasteiger partial charge < -0.3 is 14.2 Å². The number of carbonyl (C=O) groups excluding carboxylic acids is 3. The molecule has 0 saturated heterocycles. The Labute approximate surface area is 161 Å². The summed E-state index contributed by atoms with van der Waals surface area (Å²) in [5.74, 6) is -1.23. The monoisotopic (exact) mass is 378 g/mol. The number of ether oxygens (including phenoxy) is 3. The summed E-state index contributed by atoms with van der Waals surface area (Å²) in [7, 11) is 0. The van der Waals surface area contributed by atoms with Gasteiger partial charge in [0.05, 0.1) is 0 Å². The van der Waals surface area contributed by atoms with Crippen LogP contribution in [0.2, 0.25) is 0 Å². The maximum atomic E-state index is 11.5. The first-order chi connectivity index (χ1) is 12.1. The highest BCUT2D eigenvalue weighted by Crippen LogP contribution is 2.36. The molecular weight excluding hydrogens is 348 g/mol. The fourth-order valence-corrected chi connectivity index (χ4v) is 2.93. The third kappa shape index (κ3) is 6.08. The van der Waals surface area contributed by atoms with Gasteiger partial charge in [-0.3, -0.25) is 14.4 Å². The van der Waals surface area contributed by atoms with Gasteiger partial charge >= 0.3 is 17.9 Å². The Kier molecular flexibility index (Phi) is 6.47. The van der Waals surface area contributed by atoms with Gasteiger partial charge in [0.1, 0.15) is 16.8 Å². The van der Waals surface area contributed by atoms with Gasteiger partial charge in [-0.05, 0) is 76.4 Å². The van der Waals surface area contributed by atoms with Crippen LogP contribution in [0.25, 0.3) is 0 Å². The zero-order chi connectivity index (χ0) is 21.2. The summed E-state index contributed by atoms with van der Waals surface area (Å²) in [6, 6.07) is 5.50. The van der Waals surface area contributed by atoms with Gasteiger partial charge in [0, 0.05) is 20.8 Å².